The number of hydrogen-bond acceptors (Lipinski definition) is 4. The first-order chi connectivity index (χ1) is 14.1. The molecule has 0 saturated carbocycles. The number of hydrogen-bond donors (Lipinski definition) is 2. The van der Waals surface area contributed by atoms with Gasteiger partial charge in [0.15, 0.2) is 0 Å². The zero-order valence-corrected chi connectivity index (χ0v) is 15.4. The quantitative estimate of drug-likeness (QED) is 0.660. The Morgan fingerprint density at radius 1 is 1.00 bits per heavy atom. The van der Waals surface area contributed by atoms with Gasteiger partial charge in [-0.25, -0.2) is 9.69 Å². The average molecular weight is 386 g/mol. The van der Waals surface area contributed by atoms with Crippen LogP contribution in [0.4, 0.5) is 10.5 Å². The number of nitrogens with zero attached hydrogens (tertiary/aromatic N) is 2. The summed E-state index contributed by atoms with van der Waals surface area (Å²) in [6, 6.07) is 18.3. The molecular formula is C22H18N4O3. The van der Waals surface area contributed by atoms with Gasteiger partial charge in [0, 0.05) is 18.9 Å². The SMILES string of the molecule is O=C(NCc1ccc(N2C(=O)NC(c3ccccc3)C2=O)cc1)c1cccnc1. The van der Waals surface area contributed by atoms with Crippen LogP contribution in [0, 0.1) is 0 Å². The van der Waals surface area contributed by atoms with Gasteiger partial charge >= 0.3 is 6.03 Å². The van der Waals surface area contributed by atoms with Crippen molar-refractivity contribution in [2.24, 2.45) is 0 Å². The molecule has 0 bridgehead atoms. The van der Waals surface area contributed by atoms with Gasteiger partial charge in [-0.3, -0.25) is 14.6 Å². The minimum Gasteiger partial charge on any atom is -0.348 e. The molecule has 144 valence electrons. The summed E-state index contributed by atoms with van der Waals surface area (Å²) in [6.07, 6.45) is 3.10. The van der Waals surface area contributed by atoms with Gasteiger partial charge in [-0.1, -0.05) is 42.5 Å². The van der Waals surface area contributed by atoms with Crippen LogP contribution in [0.15, 0.2) is 79.1 Å². The van der Waals surface area contributed by atoms with E-state index in [1.54, 1.807) is 54.7 Å². The van der Waals surface area contributed by atoms with Crippen LogP contribution in [0.25, 0.3) is 0 Å². The smallest absolute Gasteiger partial charge is 0.329 e. The molecule has 0 aliphatic carbocycles. The van der Waals surface area contributed by atoms with E-state index in [2.05, 4.69) is 15.6 Å². The van der Waals surface area contributed by atoms with E-state index in [9.17, 15) is 14.4 Å². The van der Waals surface area contributed by atoms with Gasteiger partial charge in [0.1, 0.15) is 6.04 Å². The molecule has 0 spiro atoms. The molecule has 3 aromatic rings. The van der Waals surface area contributed by atoms with Gasteiger partial charge in [-0.2, -0.15) is 0 Å². The van der Waals surface area contributed by atoms with Crippen molar-refractivity contribution in [1.82, 2.24) is 15.6 Å². The molecular weight excluding hydrogens is 368 g/mol. The summed E-state index contributed by atoms with van der Waals surface area (Å²) in [5.74, 6) is -0.541. The largest absolute Gasteiger partial charge is 0.348 e. The van der Waals surface area contributed by atoms with E-state index in [4.69, 9.17) is 0 Å². The van der Waals surface area contributed by atoms with Crippen LogP contribution in [0.3, 0.4) is 0 Å². The third kappa shape index (κ3) is 3.84. The van der Waals surface area contributed by atoms with Crippen molar-refractivity contribution in [2.45, 2.75) is 12.6 Å². The van der Waals surface area contributed by atoms with E-state index in [0.29, 0.717) is 17.8 Å². The maximum Gasteiger partial charge on any atom is 0.329 e. The number of imide groups is 1. The van der Waals surface area contributed by atoms with Gasteiger partial charge in [-0.05, 0) is 35.4 Å². The molecule has 4 amide bonds. The number of pyridine rings is 1. The highest BCUT2D eigenvalue weighted by Gasteiger charge is 2.39. The Morgan fingerprint density at radius 3 is 2.45 bits per heavy atom. The summed E-state index contributed by atoms with van der Waals surface area (Å²) < 4.78 is 0. The van der Waals surface area contributed by atoms with Crippen LogP contribution in [0.1, 0.15) is 27.5 Å². The molecule has 7 heteroatoms. The lowest BCUT2D eigenvalue weighted by molar-refractivity contribution is -0.118. The van der Waals surface area contributed by atoms with Gasteiger partial charge < -0.3 is 10.6 Å². The fourth-order valence-electron chi connectivity index (χ4n) is 3.14. The highest BCUT2D eigenvalue weighted by Crippen LogP contribution is 2.27. The van der Waals surface area contributed by atoms with E-state index in [1.807, 2.05) is 18.2 Å². The highest BCUT2D eigenvalue weighted by molar-refractivity contribution is 6.21. The fraction of sp³-hybridized carbons (Fsp3) is 0.0909. The Bertz CT molecular complexity index is 1040. The monoisotopic (exact) mass is 386 g/mol. The number of benzene rings is 2. The molecule has 0 radical (unpaired) electrons. The van der Waals surface area contributed by atoms with Crippen LogP contribution < -0.4 is 15.5 Å². The summed E-state index contributed by atoms with van der Waals surface area (Å²) in [7, 11) is 0. The Balaban J connectivity index is 1.43. The lowest BCUT2D eigenvalue weighted by Gasteiger charge is -2.14. The molecule has 1 saturated heterocycles. The number of carbonyl (C=O) groups excluding carboxylic acids is 3. The van der Waals surface area contributed by atoms with Crippen LogP contribution in [0.2, 0.25) is 0 Å². The third-order valence-corrected chi connectivity index (χ3v) is 4.64. The van der Waals surface area contributed by atoms with Crippen molar-refractivity contribution >= 4 is 23.5 Å². The van der Waals surface area contributed by atoms with Crippen molar-refractivity contribution < 1.29 is 14.4 Å². The summed E-state index contributed by atoms with van der Waals surface area (Å²) in [4.78, 5) is 42.3. The van der Waals surface area contributed by atoms with Crippen molar-refractivity contribution in [3.63, 3.8) is 0 Å². The molecule has 1 aromatic heterocycles. The van der Waals surface area contributed by atoms with E-state index in [0.717, 1.165) is 16.0 Å². The molecule has 1 unspecified atom stereocenters. The van der Waals surface area contributed by atoms with Gasteiger partial charge in [0.2, 0.25) is 0 Å². The molecule has 2 N–H and O–H groups in total. The van der Waals surface area contributed by atoms with E-state index >= 15 is 0 Å². The standard InChI is InChI=1S/C22H18N4O3/c27-20(17-7-4-12-23-14-17)24-13-15-8-10-18(11-9-15)26-21(28)19(25-22(26)29)16-5-2-1-3-6-16/h1-12,14,19H,13H2,(H,24,27)(H,25,29). The summed E-state index contributed by atoms with van der Waals surface area (Å²) in [5.41, 5.74) is 2.55. The van der Waals surface area contributed by atoms with Crippen molar-refractivity contribution in [2.75, 3.05) is 4.90 Å². The minimum absolute atomic E-state index is 0.220. The Labute approximate surface area is 167 Å². The van der Waals surface area contributed by atoms with Crippen molar-refractivity contribution in [3.05, 3.63) is 95.8 Å². The normalized spacial score (nSPS) is 15.9. The topological polar surface area (TPSA) is 91.4 Å². The first kappa shape index (κ1) is 18.4. The number of aromatic nitrogens is 1. The van der Waals surface area contributed by atoms with E-state index < -0.39 is 12.1 Å². The van der Waals surface area contributed by atoms with Gasteiger partial charge in [0.25, 0.3) is 11.8 Å². The first-order valence-electron chi connectivity index (χ1n) is 9.10. The van der Waals surface area contributed by atoms with Crippen LogP contribution in [-0.4, -0.2) is 22.8 Å². The highest BCUT2D eigenvalue weighted by atomic mass is 16.2. The number of amides is 4. The van der Waals surface area contributed by atoms with Crippen molar-refractivity contribution in [3.8, 4) is 0 Å². The van der Waals surface area contributed by atoms with Gasteiger partial charge in [-0.15, -0.1) is 0 Å². The third-order valence-electron chi connectivity index (χ3n) is 4.64. The molecule has 2 heterocycles. The second-order valence-corrected chi connectivity index (χ2v) is 6.56. The van der Waals surface area contributed by atoms with E-state index in [-0.39, 0.29) is 11.8 Å². The summed E-state index contributed by atoms with van der Waals surface area (Å²) >= 11 is 0. The first-order valence-corrected chi connectivity index (χ1v) is 9.10. The lowest BCUT2D eigenvalue weighted by atomic mass is 10.1. The number of urea groups is 1. The molecule has 2 aromatic carbocycles. The second-order valence-electron chi connectivity index (χ2n) is 6.56. The fourth-order valence-corrected chi connectivity index (χ4v) is 3.14. The molecule has 7 nitrogen and oxygen atoms in total. The Hall–Kier alpha value is -4.00. The number of anilines is 1. The summed E-state index contributed by atoms with van der Waals surface area (Å²) in [5, 5.41) is 5.53. The number of nitrogens with one attached hydrogen (secondary N) is 2. The molecule has 1 aliphatic rings. The number of rotatable bonds is 5. The van der Waals surface area contributed by atoms with Gasteiger partial charge in [0.05, 0.1) is 11.3 Å². The zero-order valence-electron chi connectivity index (χ0n) is 15.4. The van der Waals surface area contributed by atoms with Crippen molar-refractivity contribution in [1.29, 1.82) is 0 Å². The predicted molar refractivity (Wildman–Crippen MR) is 107 cm³/mol. The van der Waals surface area contributed by atoms with Crippen LogP contribution >= 0.6 is 0 Å². The predicted octanol–water partition coefficient (Wildman–Crippen LogP) is 2.81. The average Bonchev–Trinajstić information content (AvgIpc) is 3.07. The maximum absolute atomic E-state index is 12.8. The molecule has 4 rings (SSSR count). The molecule has 1 aliphatic heterocycles. The Morgan fingerprint density at radius 2 is 1.76 bits per heavy atom. The van der Waals surface area contributed by atoms with Crippen LogP contribution in [-0.2, 0) is 11.3 Å². The summed E-state index contributed by atoms with van der Waals surface area (Å²) in [6.45, 7) is 0.320. The number of carbonyl (C=O) groups is 3. The molecule has 29 heavy (non-hydrogen) atoms. The lowest BCUT2D eigenvalue weighted by Crippen LogP contribution is -2.30. The maximum atomic E-state index is 12.8. The molecule has 1 fully saturated rings. The minimum atomic E-state index is -0.692. The van der Waals surface area contributed by atoms with E-state index in [1.165, 1.54) is 6.20 Å². The molecule has 1 atom stereocenters. The Kier molecular flexibility index (Phi) is 5.03. The second kappa shape index (κ2) is 7.93. The zero-order chi connectivity index (χ0) is 20.2. The van der Waals surface area contributed by atoms with Crippen LogP contribution in [0.5, 0.6) is 0 Å².